The molecule has 0 saturated carbocycles. The summed E-state index contributed by atoms with van der Waals surface area (Å²) in [6, 6.07) is 13.9. The largest absolute Gasteiger partial charge is 0.507 e. The van der Waals surface area contributed by atoms with Crippen molar-refractivity contribution in [3.63, 3.8) is 0 Å². The van der Waals surface area contributed by atoms with E-state index in [4.69, 9.17) is 21.9 Å². The van der Waals surface area contributed by atoms with Crippen LogP contribution in [-0.4, -0.2) is 37.1 Å². The smallest absolute Gasteiger partial charge is 0.251 e. The molecule has 2 rings (SSSR count). The maximum absolute atomic E-state index is 12.3. The molecule has 0 aliphatic rings. The molecule has 0 saturated heterocycles. The molecule has 2 aromatic rings. The summed E-state index contributed by atoms with van der Waals surface area (Å²) in [5.74, 6) is 0.138. The third kappa shape index (κ3) is 9.32. The first-order valence-corrected chi connectivity index (χ1v) is 11.5. The number of nitrogens with two attached hydrogens (primary N) is 3. The highest BCUT2D eigenvalue weighted by atomic mass is 16.5. The van der Waals surface area contributed by atoms with Crippen LogP contribution in [0, 0.1) is 0 Å². The van der Waals surface area contributed by atoms with Gasteiger partial charge in [0.2, 0.25) is 5.91 Å². The van der Waals surface area contributed by atoms with Crippen LogP contribution in [0.1, 0.15) is 47.2 Å². The second-order valence-corrected chi connectivity index (χ2v) is 7.97. The molecule has 0 aliphatic heterocycles. The summed E-state index contributed by atoms with van der Waals surface area (Å²) >= 11 is 0. The van der Waals surface area contributed by atoms with Crippen molar-refractivity contribution < 1.29 is 19.4 Å². The molecule has 0 atom stereocenters. The van der Waals surface area contributed by atoms with E-state index in [-0.39, 0.29) is 34.8 Å². The number of carbonyl (C=O) groups excluding carboxylic acids is 2. The zero-order chi connectivity index (χ0) is 25.6. The first-order chi connectivity index (χ1) is 16.8. The fourth-order valence-electron chi connectivity index (χ4n) is 3.26. The number of ether oxygens (including phenoxy) is 1. The average molecular weight is 482 g/mol. The summed E-state index contributed by atoms with van der Waals surface area (Å²) in [5.41, 5.74) is 19.8. The Morgan fingerprint density at radius 1 is 1.00 bits per heavy atom. The van der Waals surface area contributed by atoms with Crippen molar-refractivity contribution in [3.8, 4) is 5.75 Å². The fourth-order valence-corrected chi connectivity index (χ4v) is 3.26. The van der Waals surface area contributed by atoms with Crippen molar-refractivity contribution in [2.75, 3.05) is 20.2 Å². The molecule has 0 spiro atoms. The molecule has 9 nitrogen and oxygen atoms in total. The average Bonchev–Trinajstić information content (AvgIpc) is 2.85. The number of amides is 2. The number of carbonyl (C=O) groups is 2. The monoisotopic (exact) mass is 481 g/mol. The molecule has 9 heteroatoms. The van der Waals surface area contributed by atoms with Gasteiger partial charge in [0, 0.05) is 49.3 Å². The quantitative estimate of drug-likeness (QED) is 0.145. The lowest BCUT2D eigenvalue weighted by Gasteiger charge is -2.11. The molecule has 0 unspecified atom stereocenters. The molecule has 2 amide bonds. The molecule has 0 fully saturated rings. The number of para-hydroxylation sites is 1. The molecular weight excluding hydrogens is 446 g/mol. The number of unbranched alkanes of at least 4 members (excludes halogenated alkanes) is 2. The Morgan fingerprint density at radius 2 is 1.71 bits per heavy atom. The number of rotatable bonds is 13. The summed E-state index contributed by atoms with van der Waals surface area (Å²) in [6.07, 6.45) is 5.05. The molecule has 0 bridgehead atoms. The van der Waals surface area contributed by atoms with E-state index in [1.165, 1.54) is 12.1 Å². The summed E-state index contributed by atoms with van der Waals surface area (Å²) < 4.78 is 5.71. The van der Waals surface area contributed by atoms with E-state index < -0.39 is 0 Å². The third-order valence-corrected chi connectivity index (χ3v) is 5.30. The number of allylic oxidation sites excluding steroid dienone is 1. The Kier molecular flexibility index (Phi) is 11.0. The minimum Gasteiger partial charge on any atom is -0.507 e. The van der Waals surface area contributed by atoms with E-state index in [9.17, 15) is 14.7 Å². The van der Waals surface area contributed by atoms with Gasteiger partial charge >= 0.3 is 0 Å². The minimum absolute atomic E-state index is 0.0241. The topological polar surface area (TPSA) is 166 Å². The van der Waals surface area contributed by atoms with Gasteiger partial charge in [-0.2, -0.15) is 0 Å². The van der Waals surface area contributed by atoms with E-state index in [1.54, 1.807) is 37.4 Å². The number of phenols is 1. The molecule has 0 aliphatic carbocycles. The molecule has 9 N–H and O–H groups in total. The predicted octanol–water partition coefficient (Wildman–Crippen LogP) is 2.07. The highest BCUT2D eigenvalue weighted by Gasteiger charge is 2.08. The van der Waals surface area contributed by atoms with Crippen LogP contribution in [0.4, 0.5) is 0 Å². The summed E-state index contributed by atoms with van der Waals surface area (Å²) in [4.78, 5) is 23.5. The molecule has 0 aromatic heterocycles. The predicted molar refractivity (Wildman–Crippen MR) is 137 cm³/mol. The first-order valence-electron chi connectivity index (χ1n) is 11.5. The van der Waals surface area contributed by atoms with E-state index in [0.717, 1.165) is 24.8 Å². The van der Waals surface area contributed by atoms with Crippen molar-refractivity contribution in [3.05, 3.63) is 82.9 Å². The van der Waals surface area contributed by atoms with E-state index in [0.29, 0.717) is 37.1 Å². The van der Waals surface area contributed by atoms with Crippen molar-refractivity contribution in [1.82, 2.24) is 10.6 Å². The Hall–Kier alpha value is -4.14. The van der Waals surface area contributed by atoms with Gasteiger partial charge in [0.25, 0.3) is 5.91 Å². The zero-order valence-corrected chi connectivity index (χ0v) is 20.0. The van der Waals surface area contributed by atoms with Gasteiger partial charge in [-0.15, -0.1) is 0 Å². The zero-order valence-electron chi connectivity index (χ0n) is 20.0. The number of hydrogen-bond acceptors (Lipinski definition) is 7. The van der Waals surface area contributed by atoms with Gasteiger partial charge in [-0.05, 0) is 42.7 Å². The molecule has 35 heavy (non-hydrogen) atoms. The highest BCUT2D eigenvalue weighted by Crippen LogP contribution is 2.22. The molecule has 2 aromatic carbocycles. The van der Waals surface area contributed by atoms with Gasteiger partial charge < -0.3 is 37.7 Å². The number of hydrogen-bond donors (Lipinski definition) is 6. The van der Waals surface area contributed by atoms with Gasteiger partial charge in [-0.1, -0.05) is 30.7 Å². The number of aromatic hydroxyl groups is 1. The van der Waals surface area contributed by atoms with Gasteiger partial charge in [0.05, 0.1) is 6.61 Å². The van der Waals surface area contributed by atoms with Crippen LogP contribution >= 0.6 is 0 Å². The Bertz CT molecular complexity index is 1040. The Labute approximate surface area is 206 Å². The minimum atomic E-state index is -0.134. The first kappa shape index (κ1) is 27.1. The number of nitrogens with one attached hydrogen (secondary N) is 2. The molecular formula is C26H35N5O4. The van der Waals surface area contributed by atoms with Crippen LogP contribution < -0.4 is 27.8 Å². The Morgan fingerprint density at radius 3 is 2.37 bits per heavy atom. The van der Waals surface area contributed by atoms with Gasteiger partial charge in [0.1, 0.15) is 11.6 Å². The van der Waals surface area contributed by atoms with Crippen LogP contribution in [0.2, 0.25) is 0 Å². The van der Waals surface area contributed by atoms with Crippen molar-refractivity contribution >= 4 is 17.5 Å². The van der Waals surface area contributed by atoms with E-state index >= 15 is 0 Å². The second-order valence-electron chi connectivity index (χ2n) is 7.97. The number of phenolic OH excluding ortho intramolecular Hbond substituents is 1. The van der Waals surface area contributed by atoms with Crippen molar-refractivity contribution in [2.45, 2.75) is 32.1 Å². The normalized spacial score (nSPS) is 10.9. The van der Waals surface area contributed by atoms with Gasteiger partial charge in [-0.25, -0.2) is 0 Å². The number of benzene rings is 2. The summed E-state index contributed by atoms with van der Waals surface area (Å²) in [7, 11) is 1.62. The fraction of sp³-hybridized carbons (Fsp3) is 0.308. The third-order valence-electron chi connectivity index (χ3n) is 5.30. The van der Waals surface area contributed by atoms with Crippen LogP contribution in [-0.2, 0) is 16.0 Å². The van der Waals surface area contributed by atoms with Crippen LogP contribution in [0.15, 0.2) is 66.2 Å². The van der Waals surface area contributed by atoms with E-state index in [2.05, 4.69) is 10.6 Å². The lowest BCUT2D eigenvalue weighted by Crippen LogP contribution is -2.24. The summed E-state index contributed by atoms with van der Waals surface area (Å²) in [6.45, 7) is 0.856. The second kappa shape index (κ2) is 14.2. The lowest BCUT2D eigenvalue weighted by atomic mass is 10.1. The maximum Gasteiger partial charge on any atom is 0.251 e. The maximum atomic E-state index is 12.3. The van der Waals surface area contributed by atoms with Gasteiger partial charge in [-0.3, -0.25) is 9.59 Å². The summed E-state index contributed by atoms with van der Waals surface area (Å²) in [5, 5.41) is 15.4. The molecule has 0 radical (unpaired) electrons. The highest BCUT2D eigenvalue weighted by molar-refractivity contribution is 5.94. The lowest BCUT2D eigenvalue weighted by molar-refractivity contribution is -0.120. The standard InChI is InChI=1S/C26H35N5O4/c1-30-24(33)9-3-2-6-15-31-26(34)19-12-10-18(11-13-19)14-16-35-23(25(28)29)17-21(27)20-7-4-5-8-22(20)32/h4-5,7-8,10-13,17,32H,2-3,6,9,14-16,27-29H2,1H3,(H,30,33)(H,31,34)/b21-17-. The van der Waals surface area contributed by atoms with Gasteiger partial charge in [0.15, 0.2) is 5.76 Å². The Balaban J connectivity index is 1.80. The SMILES string of the molecule is CNC(=O)CCCCCNC(=O)c1ccc(CCOC(/C=C(\N)c2ccccc2O)=C(N)N)cc1. The van der Waals surface area contributed by atoms with Crippen molar-refractivity contribution in [1.29, 1.82) is 0 Å². The molecule has 188 valence electrons. The van der Waals surface area contributed by atoms with Crippen LogP contribution in [0.25, 0.3) is 5.70 Å². The molecule has 0 heterocycles. The van der Waals surface area contributed by atoms with E-state index in [1.807, 2.05) is 12.1 Å². The van der Waals surface area contributed by atoms with Crippen molar-refractivity contribution in [2.24, 2.45) is 17.2 Å². The van der Waals surface area contributed by atoms with Crippen LogP contribution in [0.3, 0.4) is 0 Å². The van der Waals surface area contributed by atoms with Crippen LogP contribution in [0.5, 0.6) is 5.75 Å².